The molecule has 0 aliphatic heterocycles. The Morgan fingerprint density at radius 1 is 1.04 bits per heavy atom. The Kier molecular flexibility index (Phi) is 5.69. The van der Waals surface area contributed by atoms with Gasteiger partial charge in [0.2, 0.25) is 11.6 Å². The number of hydrogen-bond donors (Lipinski definition) is 2. The highest BCUT2D eigenvalue weighted by Crippen LogP contribution is 2.32. The molecule has 8 nitrogen and oxygen atoms in total. The zero-order valence-corrected chi connectivity index (χ0v) is 15.9. The highest BCUT2D eigenvalue weighted by atomic mass is 16.6. The Hall–Kier alpha value is -3.68. The maximum Gasteiger partial charge on any atom is 0.353 e. The summed E-state index contributed by atoms with van der Waals surface area (Å²) in [6.45, 7) is 4.31. The number of rotatable bonds is 7. The van der Waals surface area contributed by atoms with Crippen LogP contribution in [0.3, 0.4) is 0 Å². The van der Waals surface area contributed by atoms with Gasteiger partial charge in [0, 0.05) is 12.2 Å². The van der Waals surface area contributed by atoms with Crippen LogP contribution in [0.4, 0.5) is 23.0 Å². The van der Waals surface area contributed by atoms with E-state index in [0.717, 1.165) is 28.1 Å². The molecule has 0 saturated carbocycles. The molecule has 0 fully saturated rings. The molecule has 8 heteroatoms. The van der Waals surface area contributed by atoms with E-state index in [4.69, 9.17) is 4.74 Å². The molecule has 0 spiro atoms. The summed E-state index contributed by atoms with van der Waals surface area (Å²) < 4.78 is 5.13. The zero-order chi connectivity index (χ0) is 20.1. The van der Waals surface area contributed by atoms with Crippen LogP contribution in [-0.2, 0) is 6.54 Å². The van der Waals surface area contributed by atoms with E-state index in [-0.39, 0.29) is 17.3 Å². The van der Waals surface area contributed by atoms with Crippen LogP contribution in [0.2, 0.25) is 0 Å². The predicted molar refractivity (Wildman–Crippen MR) is 108 cm³/mol. The normalized spacial score (nSPS) is 10.4. The Balaban J connectivity index is 1.85. The molecule has 0 aliphatic rings. The average Bonchev–Trinajstić information content (AvgIpc) is 2.65. The maximum absolute atomic E-state index is 11.7. The van der Waals surface area contributed by atoms with E-state index < -0.39 is 4.92 Å². The third kappa shape index (κ3) is 4.53. The van der Waals surface area contributed by atoms with Crippen molar-refractivity contribution >= 4 is 23.0 Å². The highest BCUT2D eigenvalue weighted by molar-refractivity contribution is 5.74. The zero-order valence-electron chi connectivity index (χ0n) is 15.9. The van der Waals surface area contributed by atoms with Crippen molar-refractivity contribution < 1.29 is 9.66 Å². The molecular weight excluding hydrogens is 358 g/mol. The van der Waals surface area contributed by atoms with Crippen molar-refractivity contribution in [3.05, 3.63) is 75.6 Å². The van der Waals surface area contributed by atoms with Crippen molar-refractivity contribution in [3.8, 4) is 5.75 Å². The largest absolute Gasteiger partial charge is 0.497 e. The van der Waals surface area contributed by atoms with E-state index in [1.807, 2.05) is 56.3 Å². The van der Waals surface area contributed by atoms with E-state index in [1.54, 1.807) is 7.11 Å². The van der Waals surface area contributed by atoms with Crippen molar-refractivity contribution in [3.63, 3.8) is 0 Å². The van der Waals surface area contributed by atoms with Crippen LogP contribution in [0.1, 0.15) is 16.7 Å². The molecule has 0 unspecified atom stereocenters. The molecular formula is C20H21N5O3. The third-order valence-electron chi connectivity index (χ3n) is 4.11. The topological polar surface area (TPSA) is 102 Å². The summed E-state index contributed by atoms with van der Waals surface area (Å²) in [6, 6.07) is 13.3. The van der Waals surface area contributed by atoms with Crippen molar-refractivity contribution in [1.29, 1.82) is 0 Å². The van der Waals surface area contributed by atoms with E-state index in [1.165, 1.54) is 6.33 Å². The average molecular weight is 379 g/mol. The van der Waals surface area contributed by atoms with Gasteiger partial charge in [0.05, 0.1) is 12.0 Å². The smallest absolute Gasteiger partial charge is 0.353 e. The van der Waals surface area contributed by atoms with E-state index >= 15 is 0 Å². The molecule has 0 radical (unpaired) electrons. The van der Waals surface area contributed by atoms with E-state index in [9.17, 15) is 10.1 Å². The lowest BCUT2D eigenvalue weighted by Gasteiger charge is -2.11. The summed E-state index contributed by atoms with van der Waals surface area (Å²) in [7, 11) is 1.60. The number of aromatic nitrogens is 2. The third-order valence-corrected chi connectivity index (χ3v) is 4.11. The van der Waals surface area contributed by atoms with Gasteiger partial charge in [0.1, 0.15) is 12.1 Å². The number of methoxy groups -OCH3 is 1. The summed E-state index contributed by atoms with van der Waals surface area (Å²) in [6.07, 6.45) is 1.30. The molecule has 0 bridgehead atoms. The van der Waals surface area contributed by atoms with Gasteiger partial charge in [-0.1, -0.05) is 18.2 Å². The standard InChI is InChI=1S/C20H21N5O3/c1-13-8-14(2)10-16(9-13)24-20-18(25(26)27)19(22-12-23-20)21-11-15-4-6-17(28-3)7-5-15/h4-10,12H,11H2,1-3H3,(H2,21,22,23,24). The van der Waals surface area contributed by atoms with Gasteiger partial charge in [-0.3, -0.25) is 10.1 Å². The fourth-order valence-corrected chi connectivity index (χ4v) is 2.89. The molecule has 0 aliphatic carbocycles. The molecule has 3 aromatic rings. The van der Waals surface area contributed by atoms with Crippen molar-refractivity contribution in [2.24, 2.45) is 0 Å². The van der Waals surface area contributed by atoms with Crippen molar-refractivity contribution in [2.45, 2.75) is 20.4 Å². The van der Waals surface area contributed by atoms with Crippen LogP contribution >= 0.6 is 0 Å². The molecule has 28 heavy (non-hydrogen) atoms. The lowest BCUT2D eigenvalue weighted by atomic mass is 10.1. The maximum atomic E-state index is 11.7. The quantitative estimate of drug-likeness (QED) is 0.464. The minimum absolute atomic E-state index is 0.141. The first-order chi connectivity index (χ1) is 13.5. The van der Waals surface area contributed by atoms with Crippen LogP contribution in [0.15, 0.2) is 48.8 Å². The number of aryl methyl sites for hydroxylation is 2. The van der Waals surface area contributed by atoms with Crippen LogP contribution in [0.25, 0.3) is 0 Å². The van der Waals surface area contributed by atoms with Gasteiger partial charge in [0.25, 0.3) is 0 Å². The highest BCUT2D eigenvalue weighted by Gasteiger charge is 2.23. The SMILES string of the molecule is COc1ccc(CNc2ncnc(Nc3cc(C)cc(C)c3)c2[N+](=O)[O-])cc1. The number of nitrogens with zero attached hydrogens (tertiary/aromatic N) is 3. The fourth-order valence-electron chi connectivity index (χ4n) is 2.89. The first-order valence-electron chi connectivity index (χ1n) is 8.68. The predicted octanol–water partition coefficient (Wildman–Crippen LogP) is 4.37. The van der Waals surface area contributed by atoms with Crippen molar-refractivity contribution in [2.75, 3.05) is 17.7 Å². The summed E-state index contributed by atoms with van der Waals surface area (Å²) >= 11 is 0. The Morgan fingerprint density at radius 3 is 2.29 bits per heavy atom. The van der Waals surface area contributed by atoms with Crippen LogP contribution in [-0.4, -0.2) is 22.0 Å². The second-order valence-corrected chi connectivity index (χ2v) is 6.38. The Bertz CT molecular complexity index is 969. The molecule has 1 aromatic heterocycles. The minimum Gasteiger partial charge on any atom is -0.497 e. The fraction of sp³-hybridized carbons (Fsp3) is 0.200. The monoisotopic (exact) mass is 379 g/mol. The first kappa shape index (κ1) is 19.1. The summed E-state index contributed by atoms with van der Waals surface area (Å²) in [4.78, 5) is 19.3. The van der Waals surface area contributed by atoms with Gasteiger partial charge in [-0.25, -0.2) is 9.97 Å². The van der Waals surface area contributed by atoms with Gasteiger partial charge in [-0.05, 0) is 54.8 Å². The molecule has 0 saturated heterocycles. The first-order valence-corrected chi connectivity index (χ1v) is 8.68. The number of benzene rings is 2. The second-order valence-electron chi connectivity index (χ2n) is 6.38. The number of anilines is 3. The molecule has 0 atom stereocenters. The Labute approximate surface area is 162 Å². The molecule has 3 rings (SSSR count). The van der Waals surface area contributed by atoms with Crippen LogP contribution in [0, 0.1) is 24.0 Å². The second kappa shape index (κ2) is 8.34. The lowest BCUT2D eigenvalue weighted by molar-refractivity contribution is -0.383. The number of nitrogens with one attached hydrogen (secondary N) is 2. The van der Waals surface area contributed by atoms with Gasteiger partial charge in [-0.15, -0.1) is 0 Å². The summed E-state index contributed by atoms with van der Waals surface area (Å²) in [5.74, 6) is 1.04. The van der Waals surface area contributed by atoms with Gasteiger partial charge in [0.15, 0.2) is 0 Å². The lowest BCUT2D eigenvalue weighted by Crippen LogP contribution is -2.08. The molecule has 1 heterocycles. The van der Waals surface area contributed by atoms with Crippen molar-refractivity contribution in [1.82, 2.24) is 9.97 Å². The summed E-state index contributed by atoms with van der Waals surface area (Å²) in [5.41, 5.74) is 3.59. The van der Waals surface area contributed by atoms with Gasteiger partial charge < -0.3 is 15.4 Å². The van der Waals surface area contributed by atoms with Crippen LogP contribution in [0.5, 0.6) is 5.75 Å². The van der Waals surface area contributed by atoms with Crippen LogP contribution < -0.4 is 15.4 Å². The summed E-state index contributed by atoms with van der Waals surface area (Å²) in [5, 5.41) is 17.8. The number of hydrogen-bond acceptors (Lipinski definition) is 7. The molecule has 0 amide bonds. The molecule has 2 aromatic carbocycles. The van der Waals surface area contributed by atoms with Gasteiger partial charge >= 0.3 is 5.69 Å². The van der Waals surface area contributed by atoms with E-state index in [2.05, 4.69) is 20.6 Å². The number of ether oxygens (including phenoxy) is 1. The molecule has 2 N–H and O–H groups in total. The Morgan fingerprint density at radius 2 is 1.68 bits per heavy atom. The minimum atomic E-state index is -0.485. The number of nitro groups is 1. The van der Waals surface area contributed by atoms with E-state index in [0.29, 0.717) is 6.54 Å². The molecule has 144 valence electrons. The van der Waals surface area contributed by atoms with Gasteiger partial charge in [-0.2, -0.15) is 0 Å².